The van der Waals surface area contributed by atoms with Crippen LogP contribution in [0.5, 0.6) is 0 Å². The molecule has 0 bridgehead atoms. The number of para-hydroxylation sites is 1. The summed E-state index contributed by atoms with van der Waals surface area (Å²) in [7, 11) is 0. The van der Waals surface area contributed by atoms with Gasteiger partial charge in [-0.25, -0.2) is 0 Å². The second-order valence-electron chi connectivity index (χ2n) is 8.66. The van der Waals surface area contributed by atoms with Crippen molar-refractivity contribution >= 4 is 35.1 Å². The Morgan fingerprint density at radius 2 is 1.67 bits per heavy atom. The first-order chi connectivity index (χ1) is 16.0. The molecule has 166 valence electrons. The number of halogens is 1. The molecule has 0 radical (unpaired) electrons. The fraction of sp³-hybridized carbons (Fsp3) is 0.214. The summed E-state index contributed by atoms with van der Waals surface area (Å²) in [6, 6.07) is 24.2. The summed E-state index contributed by atoms with van der Waals surface area (Å²) >= 11 is 6.35. The van der Waals surface area contributed by atoms with Crippen molar-refractivity contribution in [3.8, 4) is 0 Å². The van der Waals surface area contributed by atoms with E-state index in [1.54, 1.807) is 23.1 Å². The molecule has 0 aromatic heterocycles. The molecule has 4 nitrogen and oxygen atoms in total. The number of rotatable bonds is 4. The number of nitrogens with zero attached hydrogens (tertiary/aromatic N) is 1. The van der Waals surface area contributed by atoms with Crippen LogP contribution in [-0.4, -0.2) is 16.8 Å². The number of amides is 1. The number of benzene rings is 3. The first-order valence-electron chi connectivity index (χ1n) is 11.2. The largest absolute Gasteiger partial charge is 0.375 e. The minimum atomic E-state index is -1.90. The van der Waals surface area contributed by atoms with Crippen molar-refractivity contribution in [2.24, 2.45) is 5.92 Å². The Morgan fingerprint density at radius 3 is 2.45 bits per heavy atom. The fourth-order valence-electron chi connectivity index (χ4n) is 5.02. The number of aliphatic hydroxyl groups is 1. The minimum absolute atomic E-state index is 0.157. The Morgan fingerprint density at radius 1 is 0.970 bits per heavy atom. The van der Waals surface area contributed by atoms with E-state index in [4.69, 9.17) is 11.6 Å². The van der Waals surface area contributed by atoms with Crippen molar-refractivity contribution in [2.45, 2.75) is 31.4 Å². The molecule has 33 heavy (non-hydrogen) atoms. The predicted molar refractivity (Wildman–Crippen MR) is 130 cm³/mol. The maximum Gasteiger partial charge on any atom is 0.264 e. The number of carbonyl (C=O) groups is 2. The molecular formula is C28H24ClNO3. The van der Waals surface area contributed by atoms with E-state index in [9.17, 15) is 14.7 Å². The third-order valence-electron chi connectivity index (χ3n) is 6.68. The smallest absolute Gasteiger partial charge is 0.264 e. The van der Waals surface area contributed by atoms with Crippen molar-refractivity contribution in [2.75, 3.05) is 4.90 Å². The second-order valence-corrected chi connectivity index (χ2v) is 9.06. The zero-order chi connectivity index (χ0) is 23.0. The van der Waals surface area contributed by atoms with Gasteiger partial charge < -0.3 is 10.0 Å². The number of carbonyl (C=O) groups excluding carboxylic acids is 2. The van der Waals surface area contributed by atoms with Gasteiger partial charge in [-0.05, 0) is 54.2 Å². The number of fused-ring (bicyclic) bond motifs is 1. The molecule has 1 N–H and O–H groups in total. The van der Waals surface area contributed by atoms with Gasteiger partial charge >= 0.3 is 0 Å². The summed E-state index contributed by atoms with van der Waals surface area (Å²) in [6.07, 6.45) is 3.71. The summed E-state index contributed by atoms with van der Waals surface area (Å²) in [5, 5.41) is 12.5. The summed E-state index contributed by atoms with van der Waals surface area (Å²) in [5.74, 6) is -1.45. The number of hydrogen-bond donors (Lipinski definition) is 1. The van der Waals surface area contributed by atoms with Gasteiger partial charge in [-0.2, -0.15) is 0 Å². The standard InChI is InChI=1S/C28H24ClNO3/c29-24-15-6-4-11-21(24)18-30-25-16-7-5-13-22(25)28(33,27(30)32)23-14-8-12-20(26(23)31)17-19-9-2-1-3-10-19/h1-7,9-11,13,15-17,23,33H,8,12,14,18H2/b20-17+/t23-,28+/m0/s1. The molecule has 0 saturated heterocycles. The van der Waals surface area contributed by atoms with Gasteiger partial charge in [0.1, 0.15) is 0 Å². The Balaban J connectivity index is 1.53. The van der Waals surface area contributed by atoms with E-state index >= 15 is 0 Å². The normalized spacial score (nSPS) is 23.8. The van der Waals surface area contributed by atoms with Gasteiger partial charge in [0.05, 0.1) is 18.2 Å². The van der Waals surface area contributed by atoms with Crippen LogP contribution in [0.4, 0.5) is 5.69 Å². The van der Waals surface area contributed by atoms with Gasteiger partial charge in [0.25, 0.3) is 5.91 Å². The zero-order valence-corrected chi connectivity index (χ0v) is 18.8. The average Bonchev–Trinajstić information content (AvgIpc) is 3.05. The minimum Gasteiger partial charge on any atom is -0.375 e. The van der Waals surface area contributed by atoms with Crippen LogP contribution in [0.25, 0.3) is 6.08 Å². The molecule has 3 aromatic rings. The second kappa shape index (κ2) is 8.62. The molecule has 5 rings (SSSR count). The molecule has 2 aliphatic rings. The average molecular weight is 458 g/mol. The van der Waals surface area contributed by atoms with E-state index in [1.807, 2.05) is 66.7 Å². The first-order valence-corrected chi connectivity index (χ1v) is 11.5. The molecule has 5 heteroatoms. The first kappa shape index (κ1) is 21.6. The maximum absolute atomic E-state index is 13.8. The molecule has 1 saturated carbocycles. The van der Waals surface area contributed by atoms with E-state index in [2.05, 4.69) is 0 Å². The van der Waals surface area contributed by atoms with E-state index in [0.717, 1.165) is 17.5 Å². The molecule has 3 aromatic carbocycles. The molecule has 1 aliphatic heterocycles. The molecule has 0 spiro atoms. The molecule has 0 unspecified atom stereocenters. The summed E-state index contributed by atoms with van der Waals surface area (Å²) in [4.78, 5) is 28.9. The van der Waals surface area contributed by atoms with Gasteiger partial charge in [-0.3, -0.25) is 9.59 Å². The highest BCUT2D eigenvalue weighted by Gasteiger charge is 2.57. The topological polar surface area (TPSA) is 57.6 Å². The van der Waals surface area contributed by atoms with Crippen molar-refractivity contribution in [1.29, 1.82) is 0 Å². The quantitative estimate of drug-likeness (QED) is 0.524. The lowest BCUT2D eigenvalue weighted by Crippen LogP contribution is -2.49. The molecule has 1 fully saturated rings. The van der Waals surface area contributed by atoms with Crippen LogP contribution in [0.3, 0.4) is 0 Å². The van der Waals surface area contributed by atoms with Crippen LogP contribution in [0.15, 0.2) is 84.4 Å². The highest BCUT2D eigenvalue weighted by atomic mass is 35.5. The summed E-state index contributed by atoms with van der Waals surface area (Å²) in [5.41, 5.74) is 1.59. The lowest BCUT2D eigenvalue weighted by molar-refractivity contribution is -0.150. The molecule has 1 heterocycles. The van der Waals surface area contributed by atoms with Gasteiger partial charge in [0.2, 0.25) is 0 Å². The fourth-order valence-corrected chi connectivity index (χ4v) is 5.21. The number of allylic oxidation sites excluding steroid dienone is 1. The molecule has 2 atom stereocenters. The van der Waals surface area contributed by atoms with E-state index in [0.29, 0.717) is 34.7 Å². The van der Waals surface area contributed by atoms with Crippen molar-refractivity contribution < 1.29 is 14.7 Å². The third kappa shape index (κ3) is 3.69. The van der Waals surface area contributed by atoms with Crippen molar-refractivity contribution in [3.63, 3.8) is 0 Å². The van der Waals surface area contributed by atoms with Crippen LogP contribution in [0.2, 0.25) is 5.02 Å². The van der Waals surface area contributed by atoms with E-state index in [1.165, 1.54) is 0 Å². The maximum atomic E-state index is 13.8. The number of anilines is 1. The van der Waals surface area contributed by atoms with Crippen LogP contribution in [0, 0.1) is 5.92 Å². The van der Waals surface area contributed by atoms with Gasteiger partial charge in [0, 0.05) is 10.6 Å². The van der Waals surface area contributed by atoms with E-state index in [-0.39, 0.29) is 12.3 Å². The Bertz CT molecular complexity index is 1250. The Hall–Kier alpha value is -3.21. The monoisotopic (exact) mass is 457 g/mol. The van der Waals surface area contributed by atoms with Gasteiger partial charge in [-0.15, -0.1) is 0 Å². The molecular weight excluding hydrogens is 434 g/mol. The Kier molecular flexibility index (Phi) is 5.65. The highest BCUT2D eigenvalue weighted by Crippen LogP contribution is 2.49. The van der Waals surface area contributed by atoms with Gasteiger partial charge in [-0.1, -0.05) is 78.3 Å². The number of ketones is 1. The number of Topliss-reactive ketones (excluding diaryl/α,β-unsaturated/α-hetero) is 1. The summed E-state index contributed by atoms with van der Waals surface area (Å²) < 4.78 is 0. The van der Waals surface area contributed by atoms with Gasteiger partial charge in [0.15, 0.2) is 11.4 Å². The highest BCUT2D eigenvalue weighted by molar-refractivity contribution is 6.31. The SMILES string of the molecule is O=C1/C(=C/c2ccccc2)CCC[C@@H]1[C@@]1(O)C(=O)N(Cc2ccccc2Cl)c2ccccc21. The lowest BCUT2D eigenvalue weighted by Gasteiger charge is -2.34. The van der Waals surface area contributed by atoms with E-state index < -0.39 is 17.4 Å². The lowest BCUT2D eigenvalue weighted by atomic mass is 9.71. The molecule has 1 aliphatic carbocycles. The van der Waals surface area contributed by atoms with Crippen molar-refractivity contribution in [1.82, 2.24) is 0 Å². The zero-order valence-electron chi connectivity index (χ0n) is 18.1. The third-order valence-corrected chi connectivity index (χ3v) is 7.05. The van der Waals surface area contributed by atoms with Crippen LogP contribution < -0.4 is 4.90 Å². The van der Waals surface area contributed by atoms with Crippen LogP contribution in [-0.2, 0) is 21.7 Å². The molecule has 1 amide bonds. The van der Waals surface area contributed by atoms with Crippen LogP contribution in [0.1, 0.15) is 36.0 Å². The van der Waals surface area contributed by atoms with Crippen molar-refractivity contribution in [3.05, 3.63) is 106 Å². The number of hydrogen-bond acceptors (Lipinski definition) is 3. The predicted octanol–water partition coefficient (Wildman–Crippen LogP) is 5.53. The van der Waals surface area contributed by atoms with Crippen LogP contribution >= 0.6 is 11.6 Å². The summed E-state index contributed by atoms with van der Waals surface area (Å²) in [6.45, 7) is 0.228. The Labute approximate surface area is 198 Å².